The van der Waals surface area contributed by atoms with Crippen LogP contribution in [0.15, 0.2) is 52.3 Å². The topological polar surface area (TPSA) is 229 Å². The summed E-state index contributed by atoms with van der Waals surface area (Å²) in [6.45, 7) is 17.4. The van der Waals surface area contributed by atoms with E-state index in [1.807, 2.05) is 19.9 Å². The maximum atomic E-state index is 14.2. The maximum absolute atomic E-state index is 14.2. The van der Waals surface area contributed by atoms with E-state index in [1.165, 1.54) is 34.0 Å². The van der Waals surface area contributed by atoms with E-state index in [4.69, 9.17) is 14.2 Å². The van der Waals surface area contributed by atoms with Gasteiger partial charge >= 0.3 is 12.2 Å². The Hall–Kier alpha value is -5.45. The van der Waals surface area contributed by atoms with Crippen molar-refractivity contribution in [2.24, 2.45) is 0 Å². The zero-order valence-electron chi connectivity index (χ0n) is 36.4. The SMILES string of the molecule is Cc1cc(C)cc(Oc2cc(C)c([N+](=O)[O-])cc2S(=O)(=O)N2CCN(C(=O)OC(C)(C)C)CC2)c1.Cc1cc(F)c(S(=O)(=O)N2CCN(C(=O)OC(C)(C)C)CC2)cc1[N+](=O)[O-]. The van der Waals surface area contributed by atoms with Gasteiger partial charge in [0.1, 0.15) is 38.3 Å². The standard InChI is InChI=1S/C24H31N3O7S.C16H22FN3O6S/c1-16-11-17(2)13-19(12-16)33-21-14-18(3)20(27(29)30)15-22(21)35(31,32)26-9-7-25(8-10-26)23(28)34-24(4,5)6;1-11-9-12(17)14(10-13(11)20(22)23)27(24,25)19-7-5-18(6-8-19)15(21)26-16(2,3)4/h11-15H,7-10H2,1-6H3;9-10H,5-8H2,1-4H3. The Kier molecular flexibility index (Phi) is 15.0. The Morgan fingerprint density at radius 1 is 0.597 bits per heavy atom. The van der Waals surface area contributed by atoms with Gasteiger partial charge in [-0.05, 0) is 105 Å². The largest absolute Gasteiger partial charge is 0.456 e. The van der Waals surface area contributed by atoms with E-state index >= 15 is 0 Å². The lowest BCUT2D eigenvalue weighted by molar-refractivity contribution is -0.385. The minimum atomic E-state index is -4.27. The van der Waals surface area contributed by atoms with Crippen LogP contribution in [0.2, 0.25) is 0 Å². The summed E-state index contributed by atoms with van der Waals surface area (Å²) in [4.78, 5) is 47.4. The van der Waals surface area contributed by atoms with Gasteiger partial charge in [-0.25, -0.2) is 30.8 Å². The number of halogens is 1. The number of hydrogen-bond acceptors (Lipinski definition) is 13. The van der Waals surface area contributed by atoms with E-state index in [-0.39, 0.29) is 79.8 Å². The van der Waals surface area contributed by atoms with Gasteiger partial charge in [-0.3, -0.25) is 20.2 Å². The summed E-state index contributed by atoms with van der Waals surface area (Å²) in [5.41, 5.74) is 0.0502. The van der Waals surface area contributed by atoms with Crippen molar-refractivity contribution in [1.29, 1.82) is 0 Å². The van der Waals surface area contributed by atoms with E-state index in [2.05, 4.69) is 0 Å². The predicted octanol–water partition coefficient (Wildman–Crippen LogP) is 6.84. The first-order valence-electron chi connectivity index (χ1n) is 19.5. The van der Waals surface area contributed by atoms with Crippen LogP contribution in [0.5, 0.6) is 11.5 Å². The molecule has 3 aromatic carbocycles. The zero-order valence-corrected chi connectivity index (χ0v) is 38.0. The molecule has 340 valence electrons. The summed E-state index contributed by atoms with van der Waals surface area (Å²) in [5, 5.41) is 22.6. The van der Waals surface area contributed by atoms with Crippen molar-refractivity contribution in [3.8, 4) is 11.5 Å². The van der Waals surface area contributed by atoms with Gasteiger partial charge in [0, 0.05) is 75.6 Å². The van der Waals surface area contributed by atoms with E-state index in [0.29, 0.717) is 5.75 Å². The number of piperazine rings is 2. The second kappa shape index (κ2) is 18.9. The third-order valence-electron chi connectivity index (χ3n) is 9.35. The average molecular weight is 909 g/mol. The molecule has 0 N–H and O–H groups in total. The molecule has 0 unspecified atom stereocenters. The Morgan fingerprint density at radius 3 is 1.35 bits per heavy atom. The van der Waals surface area contributed by atoms with Crippen LogP contribution in [-0.4, -0.2) is 121 Å². The fourth-order valence-corrected chi connectivity index (χ4v) is 9.46. The van der Waals surface area contributed by atoms with Crippen molar-refractivity contribution in [2.45, 2.75) is 90.2 Å². The summed E-state index contributed by atoms with van der Waals surface area (Å²) in [6, 6.07) is 9.47. The first-order chi connectivity index (χ1) is 28.5. The minimum Gasteiger partial charge on any atom is -0.456 e. The maximum Gasteiger partial charge on any atom is 0.410 e. The highest BCUT2D eigenvalue weighted by Gasteiger charge is 2.37. The molecule has 0 saturated carbocycles. The molecule has 2 saturated heterocycles. The average Bonchev–Trinajstić information content (AvgIpc) is 3.13. The van der Waals surface area contributed by atoms with Gasteiger partial charge in [0.05, 0.1) is 9.85 Å². The highest BCUT2D eigenvalue weighted by molar-refractivity contribution is 7.89. The molecule has 19 nitrogen and oxygen atoms in total. The van der Waals surface area contributed by atoms with Crippen LogP contribution in [0.1, 0.15) is 63.8 Å². The Bertz CT molecular complexity index is 2420. The molecule has 3 aromatic rings. The summed E-state index contributed by atoms with van der Waals surface area (Å²) in [5.74, 6) is -0.609. The number of nitro benzene ring substituents is 2. The number of sulfonamides is 2. The first-order valence-corrected chi connectivity index (χ1v) is 22.3. The number of hydrogen-bond donors (Lipinski definition) is 0. The number of ether oxygens (including phenoxy) is 3. The van der Waals surface area contributed by atoms with Gasteiger partial charge < -0.3 is 24.0 Å². The molecule has 5 rings (SSSR count). The molecule has 2 amide bonds. The molecular weight excluding hydrogens is 856 g/mol. The minimum absolute atomic E-state index is 0.00710. The molecule has 2 fully saturated rings. The molecule has 2 heterocycles. The summed E-state index contributed by atoms with van der Waals surface area (Å²) >= 11 is 0. The molecule has 2 aliphatic rings. The van der Waals surface area contributed by atoms with Gasteiger partial charge in [0.2, 0.25) is 20.0 Å². The van der Waals surface area contributed by atoms with Crippen LogP contribution in [-0.2, 0) is 29.5 Å². The third kappa shape index (κ3) is 12.3. The molecule has 22 heteroatoms. The van der Waals surface area contributed by atoms with Gasteiger partial charge in [-0.2, -0.15) is 8.61 Å². The Morgan fingerprint density at radius 2 is 0.968 bits per heavy atom. The number of aryl methyl sites for hydroxylation is 4. The van der Waals surface area contributed by atoms with Crippen LogP contribution in [0.25, 0.3) is 0 Å². The number of rotatable bonds is 8. The Balaban J connectivity index is 0.000000282. The number of amides is 2. The van der Waals surface area contributed by atoms with Gasteiger partial charge in [0.25, 0.3) is 11.4 Å². The molecular formula is C40H53FN6O13S2. The number of nitro groups is 2. The van der Waals surface area contributed by atoms with Gasteiger partial charge in [0.15, 0.2) is 0 Å². The molecule has 0 bridgehead atoms. The quantitative estimate of drug-likeness (QED) is 0.167. The molecule has 2 aliphatic heterocycles. The van der Waals surface area contributed by atoms with Crippen molar-refractivity contribution < 1.29 is 54.9 Å². The zero-order chi connectivity index (χ0) is 46.7. The van der Waals surface area contributed by atoms with Crippen LogP contribution in [0.3, 0.4) is 0 Å². The van der Waals surface area contributed by atoms with Gasteiger partial charge in [-0.15, -0.1) is 0 Å². The molecule has 62 heavy (non-hydrogen) atoms. The van der Waals surface area contributed by atoms with Crippen molar-refractivity contribution in [3.05, 3.63) is 90.8 Å². The summed E-state index contributed by atoms with van der Waals surface area (Å²) in [7, 11) is -8.44. The number of carbonyl (C=O) groups excluding carboxylic acids is 2. The second-order valence-electron chi connectivity index (χ2n) is 16.8. The summed E-state index contributed by atoms with van der Waals surface area (Å²) < 4.78 is 85.7. The normalized spacial score (nSPS) is 15.6. The number of benzene rings is 3. The lowest BCUT2D eigenvalue weighted by Crippen LogP contribution is -2.51. The number of carbonyl (C=O) groups is 2. The lowest BCUT2D eigenvalue weighted by Gasteiger charge is -2.35. The molecule has 0 spiro atoms. The van der Waals surface area contributed by atoms with Crippen LogP contribution in [0.4, 0.5) is 25.4 Å². The number of nitrogens with zero attached hydrogens (tertiary/aromatic N) is 6. The highest BCUT2D eigenvalue weighted by atomic mass is 32.2. The van der Waals surface area contributed by atoms with Crippen LogP contribution >= 0.6 is 0 Å². The Labute approximate surface area is 360 Å². The van der Waals surface area contributed by atoms with E-state index in [9.17, 15) is 51.0 Å². The molecule has 0 aliphatic carbocycles. The van der Waals surface area contributed by atoms with Crippen molar-refractivity contribution >= 4 is 43.6 Å². The van der Waals surface area contributed by atoms with Crippen molar-refractivity contribution in [3.63, 3.8) is 0 Å². The van der Waals surface area contributed by atoms with Crippen LogP contribution in [0, 0.1) is 53.7 Å². The van der Waals surface area contributed by atoms with E-state index in [1.54, 1.807) is 53.7 Å². The van der Waals surface area contributed by atoms with Crippen molar-refractivity contribution in [2.75, 3.05) is 52.4 Å². The predicted molar refractivity (Wildman–Crippen MR) is 225 cm³/mol. The second-order valence-corrected chi connectivity index (χ2v) is 20.6. The fourth-order valence-electron chi connectivity index (χ4n) is 6.44. The highest BCUT2D eigenvalue weighted by Crippen LogP contribution is 2.37. The smallest absolute Gasteiger partial charge is 0.410 e. The third-order valence-corrected chi connectivity index (χ3v) is 13.2. The lowest BCUT2D eigenvalue weighted by atomic mass is 10.1. The monoisotopic (exact) mass is 908 g/mol. The van der Waals surface area contributed by atoms with Gasteiger partial charge in [-0.1, -0.05) is 6.07 Å². The van der Waals surface area contributed by atoms with Crippen molar-refractivity contribution in [1.82, 2.24) is 18.4 Å². The molecule has 0 radical (unpaired) electrons. The fraction of sp³-hybridized carbons (Fsp3) is 0.500. The molecule has 0 atom stereocenters. The summed E-state index contributed by atoms with van der Waals surface area (Å²) in [6.07, 6.45) is -1.07. The first kappa shape index (κ1) is 49.2. The molecule has 0 aromatic heterocycles. The van der Waals surface area contributed by atoms with Crippen LogP contribution < -0.4 is 4.74 Å². The van der Waals surface area contributed by atoms with E-state index in [0.717, 1.165) is 33.6 Å². The van der Waals surface area contributed by atoms with E-state index < -0.39 is 69.7 Å².